The molecule has 0 saturated carbocycles. The number of hydrogen-bond donors (Lipinski definition) is 4. The van der Waals surface area contributed by atoms with E-state index in [1.807, 2.05) is 44.2 Å². The maximum Gasteiger partial charge on any atom is 0.404 e. The van der Waals surface area contributed by atoms with Crippen molar-refractivity contribution in [2.24, 2.45) is 5.92 Å². The maximum absolute atomic E-state index is 13.6. The number of rotatable bonds is 8. The SMILES string of the molecule is CC(C)C1N[C@@H]([C@H](O)[C@H](Cc2ccccc2)NC(=O)O)C(=O)N1Cc1cccc(F)c1. The van der Waals surface area contributed by atoms with Gasteiger partial charge in [-0.05, 0) is 35.6 Å². The molecule has 1 aliphatic heterocycles. The molecule has 4 N–H and O–H groups in total. The van der Waals surface area contributed by atoms with E-state index >= 15 is 0 Å². The molecule has 31 heavy (non-hydrogen) atoms. The molecule has 2 amide bonds. The van der Waals surface area contributed by atoms with Crippen LogP contribution in [0.3, 0.4) is 0 Å². The van der Waals surface area contributed by atoms with Gasteiger partial charge in [0.25, 0.3) is 0 Å². The van der Waals surface area contributed by atoms with E-state index in [2.05, 4.69) is 10.6 Å². The van der Waals surface area contributed by atoms with Gasteiger partial charge >= 0.3 is 6.09 Å². The smallest absolute Gasteiger partial charge is 0.404 e. The Morgan fingerprint density at radius 3 is 2.45 bits per heavy atom. The lowest BCUT2D eigenvalue weighted by Crippen LogP contribution is -2.55. The molecule has 2 aromatic carbocycles. The lowest BCUT2D eigenvalue weighted by Gasteiger charge is -2.27. The van der Waals surface area contributed by atoms with Crippen LogP contribution in [0.2, 0.25) is 0 Å². The number of halogens is 1. The summed E-state index contributed by atoms with van der Waals surface area (Å²) in [6.07, 6.45) is -2.71. The molecule has 8 heteroatoms. The number of nitrogens with zero attached hydrogens (tertiary/aromatic N) is 1. The summed E-state index contributed by atoms with van der Waals surface area (Å²) in [6, 6.07) is 13.3. The van der Waals surface area contributed by atoms with E-state index in [1.54, 1.807) is 17.0 Å². The average Bonchev–Trinajstić information content (AvgIpc) is 3.04. The van der Waals surface area contributed by atoms with Gasteiger partial charge in [-0.1, -0.05) is 56.3 Å². The molecule has 7 nitrogen and oxygen atoms in total. The van der Waals surface area contributed by atoms with Gasteiger partial charge in [-0.2, -0.15) is 0 Å². The van der Waals surface area contributed by atoms with Crippen LogP contribution in [0.4, 0.5) is 9.18 Å². The van der Waals surface area contributed by atoms with Crippen LogP contribution in [0.25, 0.3) is 0 Å². The van der Waals surface area contributed by atoms with Crippen LogP contribution >= 0.6 is 0 Å². The molecular weight excluding hydrogens is 401 g/mol. The predicted octanol–water partition coefficient (Wildman–Crippen LogP) is 2.35. The fourth-order valence-electron chi connectivity index (χ4n) is 3.98. The van der Waals surface area contributed by atoms with E-state index in [0.717, 1.165) is 5.56 Å². The van der Waals surface area contributed by atoms with E-state index in [4.69, 9.17) is 0 Å². The molecule has 166 valence electrons. The predicted molar refractivity (Wildman–Crippen MR) is 114 cm³/mol. The third-order valence-corrected chi connectivity index (χ3v) is 5.47. The molecule has 1 fully saturated rings. The van der Waals surface area contributed by atoms with Gasteiger partial charge in [0.1, 0.15) is 11.9 Å². The summed E-state index contributed by atoms with van der Waals surface area (Å²) in [5, 5.41) is 25.8. The molecule has 0 radical (unpaired) electrons. The van der Waals surface area contributed by atoms with Crippen LogP contribution in [0.5, 0.6) is 0 Å². The molecule has 4 atom stereocenters. The standard InChI is InChI=1S/C23H28FN3O4/c1-14(2)21-26-19(22(29)27(21)13-16-9-6-10-17(24)11-16)20(28)18(25-23(30)31)12-15-7-4-3-5-8-15/h3-11,14,18-21,25-26,28H,12-13H2,1-2H3,(H,30,31)/t18-,19-,20+,21?/m0/s1. The second-order valence-corrected chi connectivity index (χ2v) is 8.17. The van der Waals surface area contributed by atoms with Crippen molar-refractivity contribution in [3.8, 4) is 0 Å². The second-order valence-electron chi connectivity index (χ2n) is 8.17. The Labute approximate surface area is 180 Å². The summed E-state index contributed by atoms with van der Waals surface area (Å²) < 4.78 is 13.6. The summed E-state index contributed by atoms with van der Waals surface area (Å²) in [5.74, 6) is -0.709. The van der Waals surface area contributed by atoms with Crippen LogP contribution < -0.4 is 10.6 Å². The Hall–Kier alpha value is -2.97. The number of carbonyl (C=O) groups is 2. The van der Waals surface area contributed by atoms with Crippen LogP contribution in [0.1, 0.15) is 25.0 Å². The van der Waals surface area contributed by atoms with E-state index < -0.39 is 24.3 Å². The summed E-state index contributed by atoms with van der Waals surface area (Å²) >= 11 is 0. The van der Waals surface area contributed by atoms with Gasteiger partial charge < -0.3 is 20.4 Å². The average molecular weight is 429 g/mol. The van der Waals surface area contributed by atoms with Crippen molar-refractivity contribution in [1.29, 1.82) is 0 Å². The first kappa shape index (κ1) is 22.7. The summed E-state index contributed by atoms with van der Waals surface area (Å²) in [6.45, 7) is 4.07. The largest absolute Gasteiger partial charge is 0.465 e. The van der Waals surface area contributed by atoms with Crippen molar-refractivity contribution in [2.45, 2.75) is 51.2 Å². The minimum atomic E-state index is -1.29. The number of nitrogens with one attached hydrogen (secondary N) is 2. The molecule has 1 saturated heterocycles. The summed E-state index contributed by atoms with van der Waals surface area (Å²) in [5.41, 5.74) is 1.48. The topological polar surface area (TPSA) is 102 Å². The molecule has 3 rings (SSSR count). The maximum atomic E-state index is 13.6. The van der Waals surface area contributed by atoms with Gasteiger partial charge in [0.2, 0.25) is 5.91 Å². The minimum Gasteiger partial charge on any atom is -0.465 e. The van der Waals surface area contributed by atoms with Crippen molar-refractivity contribution in [3.63, 3.8) is 0 Å². The first-order chi connectivity index (χ1) is 14.8. The van der Waals surface area contributed by atoms with Crippen LogP contribution in [0.15, 0.2) is 54.6 Å². The molecular formula is C23H28FN3O4. The quantitative estimate of drug-likeness (QED) is 0.516. The number of aliphatic hydroxyl groups is 1. The fourth-order valence-corrected chi connectivity index (χ4v) is 3.98. The fraction of sp³-hybridized carbons (Fsp3) is 0.391. The molecule has 1 aliphatic rings. The van der Waals surface area contributed by atoms with Crippen molar-refractivity contribution in [2.75, 3.05) is 0 Å². The van der Waals surface area contributed by atoms with E-state index in [-0.39, 0.29) is 36.8 Å². The van der Waals surface area contributed by atoms with Gasteiger partial charge in [-0.3, -0.25) is 10.1 Å². The summed E-state index contributed by atoms with van der Waals surface area (Å²) in [4.78, 5) is 26.1. The highest BCUT2D eigenvalue weighted by molar-refractivity contribution is 5.85. The third-order valence-electron chi connectivity index (χ3n) is 5.47. The van der Waals surface area contributed by atoms with Crippen LogP contribution in [-0.4, -0.2) is 51.5 Å². The highest BCUT2D eigenvalue weighted by atomic mass is 19.1. The molecule has 0 aliphatic carbocycles. The Balaban J connectivity index is 1.81. The Bertz CT molecular complexity index is 909. The van der Waals surface area contributed by atoms with Gasteiger partial charge in [0, 0.05) is 6.54 Å². The number of amides is 2. The third kappa shape index (κ3) is 5.59. The number of carboxylic acid groups (broad SMARTS) is 1. The highest BCUT2D eigenvalue weighted by Gasteiger charge is 2.45. The number of carbonyl (C=O) groups excluding carboxylic acids is 1. The van der Waals surface area contributed by atoms with Gasteiger partial charge in [0.15, 0.2) is 0 Å². The van der Waals surface area contributed by atoms with Gasteiger partial charge in [-0.25, -0.2) is 9.18 Å². The van der Waals surface area contributed by atoms with Crippen molar-refractivity contribution in [1.82, 2.24) is 15.5 Å². The first-order valence-corrected chi connectivity index (χ1v) is 10.3. The number of benzene rings is 2. The van der Waals surface area contributed by atoms with E-state index in [9.17, 15) is 24.2 Å². The second kappa shape index (κ2) is 9.89. The minimum absolute atomic E-state index is 0.0229. The summed E-state index contributed by atoms with van der Waals surface area (Å²) in [7, 11) is 0. The molecule has 1 unspecified atom stereocenters. The molecule has 0 spiro atoms. The van der Waals surface area contributed by atoms with Crippen molar-refractivity contribution in [3.05, 3.63) is 71.5 Å². The van der Waals surface area contributed by atoms with Crippen molar-refractivity contribution < 1.29 is 24.2 Å². The monoisotopic (exact) mass is 429 g/mol. The Kier molecular flexibility index (Phi) is 7.25. The zero-order valence-electron chi connectivity index (χ0n) is 17.5. The van der Waals surface area contributed by atoms with Gasteiger partial charge in [0.05, 0.1) is 18.3 Å². The zero-order valence-corrected chi connectivity index (χ0v) is 17.5. The highest BCUT2D eigenvalue weighted by Crippen LogP contribution is 2.24. The lowest BCUT2D eigenvalue weighted by molar-refractivity contribution is -0.133. The molecule has 1 heterocycles. The zero-order chi connectivity index (χ0) is 22.5. The van der Waals surface area contributed by atoms with E-state index in [0.29, 0.717) is 5.56 Å². The van der Waals surface area contributed by atoms with Crippen LogP contribution in [-0.2, 0) is 17.8 Å². The number of aliphatic hydroxyl groups excluding tert-OH is 1. The lowest BCUT2D eigenvalue weighted by atomic mass is 9.96. The first-order valence-electron chi connectivity index (χ1n) is 10.3. The van der Waals surface area contributed by atoms with Crippen molar-refractivity contribution >= 4 is 12.0 Å². The van der Waals surface area contributed by atoms with Crippen LogP contribution in [0, 0.1) is 11.7 Å². The number of hydrogen-bond acceptors (Lipinski definition) is 4. The normalized spacial score (nSPS) is 20.7. The molecule has 0 aromatic heterocycles. The Morgan fingerprint density at radius 2 is 1.84 bits per heavy atom. The molecule has 2 aromatic rings. The molecule has 0 bridgehead atoms. The Morgan fingerprint density at radius 1 is 1.16 bits per heavy atom. The van der Waals surface area contributed by atoms with Gasteiger partial charge in [-0.15, -0.1) is 0 Å². The van der Waals surface area contributed by atoms with E-state index in [1.165, 1.54) is 12.1 Å².